The van der Waals surface area contributed by atoms with E-state index in [1.165, 1.54) is 0 Å². The number of fused-ring (bicyclic) bond motifs is 9. The van der Waals surface area contributed by atoms with Crippen molar-refractivity contribution in [2.24, 2.45) is 0 Å². The molecule has 0 saturated heterocycles. The number of hydrogen-bond acceptors (Lipinski definition) is 2. The average molecular weight is 789 g/mol. The molecule has 3 nitrogen and oxygen atoms in total. The van der Waals surface area contributed by atoms with Crippen LogP contribution in [0.5, 0.6) is 0 Å². The predicted octanol–water partition coefficient (Wildman–Crippen LogP) is 15.8. The van der Waals surface area contributed by atoms with Gasteiger partial charge in [0.1, 0.15) is 11.2 Å². The molecule has 0 aliphatic rings. The maximum absolute atomic E-state index is 10.3. The van der Waals surface area contributed by atoms with E-state index in [1.54, 1.807) is 0 Å². The maximum atomic E-state index is 10.3. The van der Waals surface area contributed by atoms with Gasteiger partial charge in [0.25, 0.3) is 0 Å². The second-order valence-electron chi connectivity index (χ2n) is 12.5. The molecule has 0 fully saturated rings. The topological polar surface area (TPSA) is 21.3 Å². The van der Waals surface area contributed by atoms with E-state index in [0.717, 1.165) is 0 Å². The standard InChI is InChI=1S/C56H36N2O/c1-2-17-40(18-3-1)57(41-31-29-37(30-32-41)50-36-38-15-4-5-20-43(38)44-21-6-7-22-45(44)50)53-34-33-49-48-25-10-13-28-54(48)59-56(49)55(53)39-16-14-19-42(35-39)58-51-26-11-8-23-46(51)47-24-9-12-27-52(47)58/h1-36H/i1D,2D,3D,4D,5D,6D,7D,8D,9D,10D,11D,12D,13D,14D,15D,16D,17D,18D,19D,20D,21D,22D,23D,24D,25D,26D,27D,28D,29D,30D,31D,32D,33D,34D,35D,36D. The van der Waals surface area contributed by atoms with Crippen LogP contribution in [0.15, 0.2) is 222 Å². The van der Waals surface area contributed by atoms with Crippen molar-refractivity contribution in [3.05, 3.63) is 218 Å². The number of rotatable bonds is 6. The van der Waals surface area contributed by atoms with Crippen LogP contribution < -0.4 is 4.90 Å². The fourth-order valence-corrected chi connectivity index (χ4v) is 6.91. The quantitative estimate of drug-likeness (QED) is 0.157. The molecule has 0 bridgehead atoms. The average Bonchev–Trinajstić information content (AvgIpc) is 1.69. The number of furan rings is 1. The molecule has 276 valence electrons. The summed E-state index contributed by atoms with van der Waals surface area (Å²) in [5.74, 6) is 0. The van der Waals surface area contributed by atoms with Crippen molar-refractivity contribution in [3.63, 3.8) is 0 Å². The molecule has 0 unspecified atom stereocenters. The van der Waals surface area contributed by atoms with Crippen LogP contribution >= 0.6 is 0 Å². The van der Waals surface area contributed by atoms with Gasteiger partial charge in [-0.15, -0.1) is 0 Å². The highest BCUT2D eigenvalue weighted by molar-refractivity contribution is 6.15. The maximum Gasteiger partial charge on any atom is 0.145 e. The molecule has 3 heteroatoms. The summed E-state index contributed by atoms with van der Waals surface area (Å²) >= 11 is 0. The highest BCUT2D eigenvalue weighted by Crippen LogP contribution is 2.47. The third-order valence-electron chi connectivity index (χ3n) is 9.37. The highest BCUT2D eigenvalue weighted by atomic mass is 16.3. The molecule has 0 atom stereocenters. The van der Waals surface area contributed by atoms with Gasteiger partial charge in [-0.1, -0.05) is 145 Å². The Kier molecular flexibility index (Phi) is 3.02. The van der Waals surface area contributed by atoms with Crippen molar-refractivity contribution < 1.29 is 53.8 Å². The molecule has 0 N–H and O–H groups in total. The van der Waals surface area contributed by atoms with Crippen molar-refractivity contribution >= 4 is 82.4 Å². The van der Waals surface area contributed by atoms with Crippen molar-refractivity contribution in [1.29, 1.82) is 0 Å². The third-order valence-corrected chi connectivity index (χ3v) is 9.37. The van der Waals surface area contributed by atoms with Gasteiger partial charge < -0.3 is 13.9 Å². The lowest BCUT2D eigenvalue weighted by atomic mass is 9.93. The Bertz CT molecular complexity index is 5560. The van der Waals surface area contributed by atoms with Gasteiger partial charge in [0.15, 0.2) is 0 Å². The molecule has 59 heavy (non-hydrogen) atoms. The minimum atomic E-state index is -1.42. The summed E-state index contributed by atoms with van der Waals surface area (Å²) in [6.07, 6.45) is 0. The fraction of sp³-hybridized carbons (Fsp3) is 0. The zero-order chi connectivity index (χ0) is 70.2. The summed E-state index contributed by atoms with van der Waals surface area (Å²) in [6, 6.07) is -39.5. The molecule has 0 radical (unpaired) electrons. The van der Waals surface area contributed by atoms with Crippen molar-refractivity contribution in [2.45, 2.75) is 0 Å². The minimum absolute atomic E-state index is 0.273. The zero-order valence-corrected chi connectivity index (χ0v) is 29.3. The fourth-order valence-electron chi connectivity index (χ4n) is 6.91. The zero-order valence-electron chi connectivity index (χ0n) is 65.3. The van der Waals surface area contributed by atoms with Gasteiger partial charge in [0.05, 0.1) is 66.1 Å². The van der Waals surface area contributed by atoms with Gasteiger partial charge in [0, 0.05) is 44.2 Å². The molecule has 0 aliphatic carbocycles. The number of para-hydroxylation sites is 4. The summed E-state index contributed by atoms with van der Waals surface area (Å²) in [5.41, 5.74) is -12.5. The number of anilines is 3. The van der Waals surface area contributed by atoms with E-state index in [2.05, 4.69) is 0 Å². The summed E-state index contributed by atoms with van der Waals surface area (Å²) < 4.78 is 338. The van der Waals surface area contributed by atoms with E-state index in [9.17, 15) is 21.9 Å². The molecule has 0 amide bonds. The van der Waals surface area contributed by atoms with Crippen LogP contribution in [0.2, 0.25) is 0 Å². The molecular weight excluding hydrogens is 717 g/mol. The molecule has 2 aromatic heterocycles. The Morgan fingerprint density at radius 1 is 0.407 bits per heavy atom. The predicted molar refractivity (Wildman–Crippen MR) is 249 cm³/mol. The van der Waals surface area contributed by atoms with Gasteiger partial charge in [-0.05, 0) is 111 Å². The molecular formula is C56H36N2O. The van der Waals surface area contributed by atoms with Crippen LogP contribution in [0, 0.1) is 0 Å². The molecule has 12 rings (SSSR count). The first-order chi connectivity index (χ1) is 44.3. The Labute approximate surface area is 391 Å². The van der Waals surface area contributed by atoms with E-state index in [4.69, 9.17) is 31.8 Å². The highest BCUT2D eigenvalue weighted by Gasteiger charge is 2.24. The van der Waals surface area contributed by atoms with Crippen LogP contribution in [0.3, 0.4) is 0 Å². The SMILES string of the molecule is [2H]c1c([2H])c([2H])c(N(c2c([2H])c([2H])c(-c3c([2H])c4c([2H])c([2H])c([2H])c([2H])c4c4c([2H])c([2H])c([2H])c([2H])c34)c([2H])c2[2H])c2c([2H])c([2H])c3c(oc4c([2H])c([2H])c([2H])c([2H])c43)c2-c2c([2H])c([2H])c([2H])c(-n3c4c([2H])c([2H])c([2H])c([2H])c4c4c([2H])c([2H])c([2H])c([2H])c43)c2[2H])c([2H])c1[2H]. The smallest absolute Gasteiger partial charge is 0.145 e. The molecule has 0 aliphatic heterocycles. The molecule has 0 spiro atoms. The molecule has 12 aromatic rings. The van der Waals surface area contributed by atoms with Crippen LogP contribution in [-0.2, 0) is 0 Å². The summed E-state index contributed by atoms with van der Waals surface area (Å²) in [5, 5.41) is -5.51. The summed E-state index contributed by atoms with van der Waals surface area (Å²) in [4.78, 5) is 0.273. The largest absolute Gasteiger partial charge is 0.455 e. The Balaban J connectivity index is 1.35. The Morgan fingerprint density at radius 2 is 1.02 bits per heavy atom. The molecule has 2 heterocycles. The Hall–Kier alpha value is -7.88. The molecule has 10 aromatic carbocycles. The van der Waals surface area contributed by atoms with E-state index < -0.39 is 328 Å². The lowest BCUT2D eigenvalue weighted by Gasteiger charge is -2.28. The first-order valence-corrected chi connectivity index (χ1v) is 17.2. The van der Waals surface area contributed by atoms with Gasteiger partial charge in [-0.2, -0.15) is 0 Å². The van der Waals surface area contributed by atoms with Gasteiger partial charge in [-0.3, -0.25) is 0 Å². The van der Waals surface area contributed by atoms with Gasteiger partial charge in [0.2, 0.25) is 0 Å². The second kappa shape index (κ2) is 13.4. The lowest BCUT2D eigenvalue weighted by molar-refractivity contribution is 0.670. The van der Waals surface area contributed by atoms with Crippen molar-refractivity contribution in [3.8, 4) is 27.9 Å². The summed E-state index contributed by atoms with van der Waals surface area (Å²) in [7, 11) is 0. The van der Waals surface area contributed by atoms with Crippen molar-refractivity contribution in [1.82, 2.24) is 4.57 Å². The minimum Gasteiger partial charge on any atom is -0.455 e. The normalized spacial score (nSPS) is 20.3. The first-order valence-electron chi connectivity index (χ1n) is 35.2. The third kappa shape index (κ3) is 5.29. The number of hydrogen-bond donors (Lipinski definition) is 0. The van der Waals surface area contributed by atoms with Crippen LogP contribution in [-0.4, -0.2) is 4.57 Å². The number of benzene rings is 10. The van der Waals surface area contributed by atoms with E-state index in [0.29, 0.717) is 4.57 Å². The second-order valence-corrected chi connectivity index (χ2v) is 12.5. The monoisotopic (exact) mass is 789 g/mol. The van der Waals surface area contributed by atoms with E-state index in [-0.39, 0.29) is 4.90 Å². The number of nitrogens with zero attached hydrogens (tertiary/aromatic N) is 2. The van der Waals surface area contributed by atoms with Gasteiger partial charge >= 0.3 is 0 Å². The van der Waals surface area contributed by atoms with E-state index in [1.807, 2.05) is 0 Å². The number of aromatic nitrogens is 1. The van der Waals surface area contributed by atoms with E-state index >= 15 is 0 Å². The van der Waals surface area contributed by atoms with Gasteiger partial charge in [-0.25, -0.2) is 0 Å². The first kappa shape index (κ1) is 13.3. The van der Waals surface area contributed by atoms with Crippen LogP contribution in [0.25, 0.3) is 93.2 Å². The Morgan fingerprint density at radius 3 is 1.78 bits per heavy atom. The van der Waals surface area contributed by atoms with Crippen LogP contribution in [0.4, 0.5) is 17.1 Å². The molecule has 0 saturated carbocycles. The summed E-state index contributed by atoms with van der Waals surface area (Å²) in [6.45, 7) is 0. The van der Waals surface area contributed by atoms with Crippen molar-refractivity contribution in [2.75, 3.05) is 4.90 Å². The van der Waals surface area contributed by atoms with Crippen LogP contribution in [0.1, 0.15) is 49.3 Å². The lowest BCUT2D eigenvalue weighted by Crippen LogP contribution is -2.11.